The average molecular weight is 661 g/mol. The lowest BCUT2D eigenvalue weighted by Gasteiger charge is -2.23. The molecule has 2 atom stereocenters. The molecule has 0 fully saturated rings. The van der Waals surface area contributed by atoms with Crippen LogP contribution in [0.4, 0.5) is 57.1 Å². The lowest BCUT2D eigenvalue weighted by atomic mass is 9.94. The third-order valence-corrected chi connectivity index (χ3v) is 5.77. The normalized spacial score (nSPS) is 14.9. The predicted molar refractivity (Wildman–Crippen MR) is 127 cm³/mol. The average Bonchev–Trinajstić information content (AvgIpc) is 2.82. The summed E-state index contributed by atoms with van der Waals surface area (Å²) in [5.41, 5.74) is -7.10. The van der Waals surface area contributed by atoms with Gasteiger partial charge in [-0.3, -0.25) is 9.69 Å². The van der Waals surface area contributed by atoms with Gasteiger partial charge in [-0.1, -0.05) is 17.7 Å². The van der Waals surface area contributed by atoms with E-state index < -0.39 is 94.3 Å². The van der Waals surface area contributed by atoms with Crippen molar-refractivity contribution in [1.29, 1.82) is 0 Å². The van der Waals surface area contributed by atoms with Crippen LogP contribution in [0.25, 0.3) is 5.83 Å². The van der Waals surface area contributed by atoms with Gasteiger partial charge >= 0.3 is 24.7 Å². The van der Waals surface area contributed by atoms with E-state index in [9.17, 15) is 66.7 Å². The monoisotopic (exact) mass is 660 g/mol. The Balaban J connectivity index is 2.50. The molecule has 18 heteroatoms. The highest BCUT2D eigenvalue weighted by Crippen LogP contribution is 2.42. The topological polar surface area (TPSA) is 49.4 Å². The van der Waals surface area contributed by atoms with Crippen molar-refractivity contribution in [3.8, 4) is 0 Å². The zero-order valence-electron chi connectivity index (χ0n) is 21.2. The summed E-state index contributed by atoms with van der Waals surface area (Å²) in [5.74, 6) is -6.70. The van der Waals surface area contributed by atoms with E-state index in [1.54, 1.807) is 5.32 Å². The molecule has 4 nitrogen and oxygen atoms in total. The maximum absolute atomic E-state index is 15.0. The summed E-state index contributed by atoms with van der Waals surface area (Å²) < 4.78 is 174. The van der Waals surface area contributed by atoms with E-state index in [0.29, 0.717) is 29.2 Å². The van der Waals surface area contributed by atoms with Gasteiger partial charge < -0.3 is 10.1 Å². The molecule has 1 amide bonds. The first-order valence-electron chi connectivity index (χ1n) is 11.5. The van der Waals surface area contributed by atoms with E-state index in [1.165, 1.54) is 0 Å². The van der Waals surface area contributed by atoms with Crippen LogP contribution < -0.4 is 5.32 Å². The van der Waals surface area contributed by atoms with Crippen molar-refractivity contribution in [3.05, 3.63) is 75.3 Å². The molecule has 2 aromatic carbocycles. The van der Waals surface area contributed by atoms with Crippen LogP contribution in [0.5, 0.6) is 0 Å². The van der Waals surface area contributed by atoms with Crippen molar-refractivity contribution in [1.82, 2.24) is 10.2 Å². The van der Waals surface area contributed by atoms with Gasteiger partial charge in [0.05, 0.1) is 29.3 Å². The minimum Gasteiger partial charge on any atom is -0.341 e. The lowest BCUT2D eigenvalue weighted by molar-refractivity contribution is -0.144. The molecule has 0 aromatic heterocycles. The fraction of sp³-hybridized carbons (Fsp3) is 0.360. The van der Waals surface area contributed by atoms with E-state index in [2.05, 4.69) is 0 Å². The number of nitrogens with zero attached hydrogens (tertiary/aromatic N) is 1. The summed E-state index contributed by atoms with van der Waals surface area (Å²) in [5, 5.41) is 0.989. The van der Waals surface area contributed by atoms with Gasteiger partial charge in [-0.2, -0.15) is 52.7 Å². The molecule has 0 radical (unpaired) electrons. The molecule has 0 aliphatic carbocycles. The van der Waals surface area contributed by atoms with Gasteiger partial charge in [0, 0.05) is 17.1 Å². The highest BCUT2D eigenvalue weighted by Gasteiger charge is 2.42. The van der Waals surface area contributed by atoms with Gasteiger partial charge in [-0.25, -0.2) is 4.39 Å². The number of nitrogens with one attached hydrogen (secondary N) is 1. The second-order valence-electron chi connectivity index (χ2n) is 9.09. The van der Waals surface area contributed by atoms with E-state index in [-0.39, 0.29) is 24.5 Å². The van der Waals surface area contributed by atoms with Gasteiger partial charge in [-0.05, 0) is 49.0 Å². The Morgan fingerprint density at radius 2 is 1.53 bits per heavy atom. The minimum atomic E-state index is -5.44. The van der Waals surface area contributed by atoms with Crippen LogP contribution in [0.3, 0.4) is 0 Å². The van der Waals surface area contributed by atoms with Crippen molar-refractivity contribution < 1.29 is 66.7 Å². The molecular weight excluding hydrogens is 643 g/mol. The molecule has 238 valence electrons. The molecule has 0 spiro atoms. The van der Waals surface area contributed by atoms with Crippen molar-refractivity contribution in [2.45, 2.75) is 36.7 Å². The first kappa shape index (κ1) is 35.9. The summed E-state index contributed by atoms with van der Waals surface area (Å²) in [4.78, 5) is 24.3. The number of carbonyl (C=O) groups is 2. The Bertz CT molecular complexity index is 1350. The quantitative estimate of drug-likeness (QED) is 0.221. The summed E-state index contributed by atoms with van der Waals surface area (Å²) in [6.45, 7) is -2.31. The summed E-state index contributed by atoms with van der Waals surface area (Å²) in [6.07, 6.45) is -21.1. The molecular formula is C25H18ClF13N2O2. The fourth-order valence-electron chi connectivity index (χ4n) is 3.78. The largest absolute Gasteiger partial charge is 0.417 e. The molecule has 0 bridgehead atoms. The number of likely N-dealkylation sites (N-methyl/N-ethyl adjacent to an activating group) is 1. The number of rotatable bonds is 9. The molecule has 2 unspecified atom stereocenters. The number of halogens is 14. The van der Waals surface area contributed by atoms with Gasteiger partial charge in [0.15, 0.2) is 0 Å². The lowest BCUT2D eigenvalue weighted by Crippen LogP contribution is -2.46. The van der Waals surface area contributed by atoms with Crippen LogP contribution >= 0.6 is 11.6 Å². The number of carbonyl (C=O) groups excluding carboxylic acids is 2. The third kappa shape index (κ3) is 10.4. The molecule has 2 rings (SSSR count). The second kappa shape index (κ2) is 13.1. The van der Waals surface area contributed by atoms with Crippen molar-refractivity contribution in [3.63, 3.8) is 0 Å². The number of hydrogen-bond acceptors (Lipinski definition) is 3. The Hall–Kier alpha value is -3.34. The second-order valence-corrected chi connectivity index (χ2v) is 9.53. The van der Waals surface area contributed by atoms with E-state index in [4.69, 9.17) is 11.6 Å². The number of benzene rings is 2. The van der Waals surface area contributed by atoms with Crippen LogP contribution in [0.1, 0.15) is 38.5 Å². The first-order valence-corrected chi connectivity index (χ1v) is 11.8. The van der Waals surface area contributed by atoms with Crippen molar-refractivity contribution in [2.24, 2.45) is 0 Å². The smallest absolute Gasteiger partial charge is 0.341 e. The maximum atomic E-state index is 15.0. The Morgan fingerprint density at radius 1 is 0.930 bits per heavy atom. The third-order valence-electron chi connectivity index (χ3n) is 5.56. The van der Waals surface area contributed by atoms with Gasteiger partial charge in [0.2, 0.25) is 0 Å². The Morgan fingerprint density at radius 3 is 2.02 bits per heavy atom. The van der Waals surface area contributed by atoms with E-state index in [1.807, 2.05) is 0 Å². The highest BCUT2D eigenvalue weighted by molar-refractivity contribution is 6.30. The summed E-state index contributed by atoms with van der Waals surface area (Å²) in [6, 6.07) is -0.189. The molecule has 0 saturated carbocycles. The van der Waals surface area contributed by atoms with Crippen LogP contribution in [0, 0.1) is 0 Å². The molecule has 0 heterocycles. The number of hydrogen-bond donors (Lipinski definition) is 1. The number of aldehydes is 1. The van der Waals surface area contributed by atoms with Crippen LogP contribution in [0.2, 0.25) is 5.02 Å². The number of alkyl halides is 12. The van der Waals surface area contributed by atoms with Gasteiger partial charge in [-0.15, -0.1) is 0 Å². The highest BCUT2D eigenvalue weighted by atomic mass is 35.5. The fourth-order valence-corrected chi connectivity index (χ4v) is 4.02. The van der Waals surface area contributed by atoms with Crippen molar-refractivity contribution in [2.75, 3.05) is 20.1 Å². The predicted octanol–water partition coefficient (Wildman–Crippen LogP) is 7.83. The molecule has 0 saturated heterocycles. The first-order chi connectivity index (χ1) is 19.4. The summed E-state index contributed by atoms with van der Waals surface area (Å²) in [7, 11) is 0.905. The minimum absolute atomic E-state index is 0.0397. The SMILES string of the molecule is CN(CC(C=O)NC(=O)c1ccc(/C(F)=C/C(c2cc(Cl)cc(C(F)(F)F)c2)C(F)(F)F)cc1C(F)(F)F)CC(F)(F)F. The molecule has 0 aliphatic heterocycles. The Kier molecular flexibility index (Phi) is 10.9. The maximum Gasteiger partial charge on any atom is 0.417 e. The van der Waals surface area contributed by atoms with Crippen LogP contribution in [-0.4, -0.2) is 55.6 Å². The number of allylic oxidation sites excluding steroid dienone is 1. The molecule has 1 N–H and O–H groups in total. The number of amides is 1. The van der Waals surface area contributed by atoms with Crippen molar-refractivity contribution >= 4 is 29.6 Å². The Labute approximate surface area is 239 Å². The zero-order chi connectivity index (χ0) is 33.1. The molecule has 2 aromatic rings. The van der Waals surface area contributed by atoms with Crippen LogP contribution in [-0.2, 0) is 17.1 Å². The van der Waals surface area contributed by atoms with Crippen LogP contribution in [0.15, 0.2) is 42.5 Å². The zero-order valence-corrected chi connectivity index (χ0v) is 22.0. The molecule has 0 aliphatic rings. The van der Waals surface area contributed by atoms with E-state index >= 15 is 0 Å². The van der Waals surface area contributed by atoms with Gasteiger partial charge in [0.1, 0.15) is 18.0 Å². The molecule has 43 heavy (non-hydrogen) atoms. The van der Waals surface area contributed by atoms with E-state index in [0.717, 1.165) is 7.05 Å². The summed E-state index contributed by atoms with van der Waals surface area (Å²) >= 11 is 5.51. The van der Waals surface area contributed by atoms with Gasteiger partial charge in [0.25, 0.3) is 5.91 Å². The standard InChI is InChI=1S/C25H18ClF13N2O2/c1-41(11-22(28,29)30)9-16(10-42)40-21(43)17-3-2-12(6-19(17)25(37,38)39)20(27)8-18(24(34,35)36)13-4-14(23(31,32)33)7-15(26)5-13/h2-8,10,16,18H,9,11H2,1H3,(H,40,43)/b20-8-.